The highest BCUT2D eigenvalue weighted by Crippen LogP contribution is 2.65. The molecule has 2 aliphatic rings. The molecule has 10 N–H and O–H groups in total. The molecule has 0 atom stereocenters. The van der Waals surface area contributed by atoms with E-state index in [0.29, 0.717) is 10.8 Å². The smallest absolute Gasteiger partial charge is 0.208 e. The molecule has 0 unspecified atom stereocenters. The molecule has 258 valence electrons. The molecular formula is C40H33NO10. The number of phenolic OH excluding ortho intramolecular Hbond substituents is 10. The Kier molecular flexibility index (Phi) is 6.19. The fourth-order valence-electron chi connectivity index (χ4n) is 8.06. The lowest BCUT2D eigenvalue weighted by Gasteiger charge is -2.31. The van der Waals surface area contributed by atoms with Crippen molar-refractivity contribution in [1.29, 1.82) is 0 Å². The van der Waals surface area contributed by atoms with Gasteiger partial charge in [0.25, 0.3) is 0 Å². The largest absolute Gasteiger partial charge is 0.503 e. The zero-order chi connectivity index (χ0) is 36.6. The number of hydrogen-bond acceptors (Lipinski definition) is 11. The highest BCUT2D eigenvalue weighted by atomic mass is 16.4. The number of aromatic hydroxyl groups is 10. The second kappa shape index (κ2) is 9.97. The molecule has 2 aliphatic carbocycles. The van der Waals surface area contributed by atoms with Crippen molar-refractivity contribution in [2.45, 2.75) is 38.5 Å². The van der Waals surface area contributed by atoms with Gasteiger partial charge in [-0.1, -0.05) is 76.2 Å². The number of nitrogens with zero attached hydrogens (tertiary/aromatic N) is 1. The quantitative estimate of drug-likeness (QED) is 0.0638. The molecule has 0 fully saturated rings. The first kappa shape index (κ1) is 31.6. The number of fused-ring (bicyclic) bond motifs is 8. The SMILES string of the molecule is CC1(C)c2ccccc2-c2cc3c(cc21)-c1c(cc(N(c2c(O)c(O)c(O)c(O)c2O)c2c(O)c(O)c(O)c(O)c2O)c2ccccc12)C3(C)C. The zero-order valence-corrected chi connectivity index (χ0v) is 27.8. The molecule has 0 saturated carbocycles. The van der Waals surface area contributed by atoms with E-state index in [1.165, 1.54) is 5.56 Å². The van der Waals surface area contributed by atoms with E-state index in [4.69, 9.17) is 0 Å². The topological polar surface area (TPSA) is 206 Å². The van der Waals surface area contributed by atoms with Gasteiger partial charge >= 0.3 is 0 Å². The number of benzene rings is 6. The summed E-state index contributed by atoms with van der Waals surface area (Å²) in [4.78, 5) is 0.814. The van der Waals surface area contributed by atoms with Crippen LogP contribution in [0.5, 0.6) is 57.5 Å². The minimum absolute atomic E-state index is 0.0219. The monoisotopic (exact) mass is 687 g/mol. The van der Waals surface area contributed by atoms with Crippen molar-refractivity contribution < 1.29 is 51.1 Å². The van der Waals surface area contributed by atoms with E-state index in [1.807, 2.05) is 38.1 Å². The molecule has 0 bridgehead atoms. The predicted molar refractivity (Wildman–Crippen MR) is 190 cm³/mol. The average Bonchev–Trinajstić information content (AvgIpc) is 3.48. The number of anilines is 3. The molecule has 8 rings (SSSR count). The van der Waals surface area contributed by atoms with Crippen molar-refractivity contribution >= 4 is 27.8 Å². The maximum absolute atomic E-state index is 11.2. The van der Waals surface area contributed by atoms with Crippen LogP contribution >= 0.6 is 0 Å². The Morgan fingerprint density at radius 3 is 1.35 bits per heavy atom. The summed E-state index contributed by atoms with van der Waals surface area (Å²) in [7, 11) is 0. The Hall–Kier alpha value is -6.62. The molecule has 0 saturated heterocycles. The van der Waals surface area contributed by atoms with E-state index in [1.54, 1.807) is 18.2 Å². The molecule has 0 radical (unpaired) electrons. The van der Waals surface area contributed by atoms with E-state index in [-0.39, 0.29) is 11.1 Å². The Labute approximate surface area is 290 Å². The first-order valence-electron chi connectivity index (χ1n) is 16.0. The van der Waals surface area contributed by atoms with Crippen molar-refractivity contribution in [2.75, 3.05) is 4.90 Å². The molecule has 0 spiro atoms. The van der Waals surface area contributed by atoms with Crippen LogP contribution in [0.3, 0.4) is 0 Å². The summed E-state index contributed by atoms with van der Waals surface area (Å²) in [6.45, 7) is 8.43. The number of rotatable bonds is 3. The molecule has 0 amide bonds. The molecule has 11 heteroatoms. The molecule has 0 heterocycles. The van der Waals surface area contributed by atoms with Gasteiger partial charge in [0.15, 0.2) is 23.0 Å². The Morgan fingerprint density at radius 1 is 0.392 bits per heavy atom. The maximum Gasteiger partial charge on any atom is 0.208 e. The summed E-state index contributed by atoms with van der Waals surface area (Å²) in [5.41, 5.74) is 5.52. The Bertz CT molecular complexity index is 2430. The Balaban J connectivity index is 1.51. The minimum Gasteiger partial charge on any atom is -0.503 e. The van der Waals surface area contributed by atoms with E-state index in [2.05, 4.69) is 38.1 Å². The minimum atomic E-state index is -1.26. The lowest BCUT2D eigenvalue weighted by Crippen LogP contribution is -2.18. The lowest BCUT2D eigenvalue weighted by molar-refractivity contribution is 0.327. The predicted octanol–water partition coefficient (Wildman–Crippen LogP) is 7.98. The van der Waals surface area contributed by atoms with Gasteiger partial charge in [-0.3, -0.25) is 4.90 Å². The van der Waals surface area contributed by atoms with E-state index >= 15 is 0 Å². The summed E-state index contributed by atoms with van der Waals surface area (Å²) >= 11 is 0. The van der Waals surface area contributed by atoms with Gasteiger partial charge in [0, 0.05) is 16.2 Å². The molecule has 0 aromatic heterocycles. The van der Waals surface area contributed by atoms with Crippen molar-refractivity contribution in [3.63, 3.8) is 0 Å². The fourth-order valence-corrected chi connectivity index (χ4v) is 8.06. The molecule has 11 nitrogen and oxygen atoms in total. The van der Waals surface area contributed by atoms with Crippen molar-refractivity contribution in [2.24, 2.45) is 0 Å². The van der Waals surface area contributed by atoms with Crippen LogP contribution in [0.2, 0.25) is 0 Å². The summed E-state index contributed by atoms with van der Waals surface area (Å²) in [5.74, 6) is -12.3. The van der Waals surface area contributed by atoms with Crippen LogP contribution < -0.4 is 4.90 Å². The highest BCUT2D eigenvalue weighted by Gasteiger charge is 2.44. The summed E-state index contributed by atoms with van der Waals surface area (Å²) < 4.78 is 0. The molecular weight excluding hydrogens is 654 g/mol. The molecule has 0 aliphatic heterocycles. The van der Waals surface area contributed by atoms with Crippen LogP contribution in [0.4, 0.5) is 17.1 Å². The standard InChI is InChI=1S/C40H33NO10/c1-39(2)21-12-8-7-9-16(21)19-13-23-20(14-22(19)39)26-18-11-6-5-10-17(18)25(15-24(26)40(23,3)4)41(27-29(42)33(46)37(50)34(47)30(27)43)28-31(44)35(48)38(51)36(49)32(28)45/h5-15,42-51H,1-4H3. The van der Waals surface area contributed by atoms with Gasteiger partial charge in [-0.15, -0.1) is 0 Å². The van der Waals surface area contributed by atoms with Gasteiger partial charge < -0.3 is 51.1 Å². The van der Waals surface area contributed by atoms with Crippen LogP contribution in [-0.4, -0.2) is 51.1 Å². The van der Waals surface area contributed by atoms with E-state index < -0.39 is 74.3 Å². The van der Waals surface area contributed by atoms with E-state index in [9.17, 15) is 51.1 Å². The third-order valence-electron chi connectivity index (χ3n) is 10.7. The van der Waals surface area contributed by atoms with Crippen molar-refractivity contribution in [1.82, 2.24) is 0 Å². The van der Waals surface area contributed by atoms with Crippen LogP contribution in [0.1, 0.15) is 49.9 Å². The van der Waals surface area contributed by atoms with Crippen LogP contribution in [0, 0.1) is 0 Å². The molecule has 6 aromatic rings. The van der Waals surface area contributed by atoms with Gasteiger partial charge in [0.2, 0.25) is 34.5 Å². The van der Waals surface area contributed by atoms with Gasteiger partial charge in [-0.2, -0.15) is 0 Å². The van der Waals surface area contributed by atoms with Gasteiger partial charge in [0.1, 0.15) is 11.4 Å². The van der Waals surface area contributed by atoms with Crippen molar-refractivity contribution in [3.05, 3.63) is 89.0 Å². The fraction of sp³-hybridized carbons (Fsp3) is 0.150. The van der Waals surface area contributed by atoms with Crippen LogP contribution in [0.15, 0.2) is 66.7 Å². The lowest BCUT2D eigenvalue weighted by atomic mass is 9.79. The molecule has 6 aromatic carbocycles. The second-order valence-corrected chi connectivity index (χ2v) is 14.1. The summed E-state index contributed by atoms with van der Waals surface area (Å²) in [6, 6.07) is 21.5. The highest BCUT2D eigenvalue weighted by molar-refractivity contribution is 6.12. The van der Waals surface area contributed by atoms with Crippen LogP contribution in [0.25, 0.3) is 33.0 Å². The third kappa shape index (κ3) is 3.82. The first-order valence-corrected chi connectivity index (χ1v) is 16.0. The third-order valence-corrected chi connectivity index (χ3v) is 10.7. The van der Waals surface area contributed by atoms with Gasteiger partial charge in [-0.25, -0.2) is 0 Å². The number of phenols is 10. The van der Waals surface area contributed by atoms with E-state index in [0.717, 1.165) is 43.8 Å². The van der Waals surface area contributed by atoms with Gasteiger partial charge in [0.05, 0.1) is 5.69 Å². The van der Waals surface area contributed by atoms with Crippen molar-refractivity contribution in [3.8, 4) is 79.7 Å². The summed E-state index contributed by atoms with van der Waals surface area (Å²) in [5, 5.41) is 109. The average molecular weight is 688 g/mol. The normalized spacial score (nSPS) is 14.6. The Morgan fingerprint density at radius 2 is 0.804 bits per heavy atom. The second-order valence-electron chi connectivity index (χ2n) is 14.1. The summed E-state index contributed by atoms with van der Waals surface area (Å²) in [6.07, 6.45) is 0. The van der Waals surface area contributed by atoms with Gasteiger partial charge in [-0.05, 0) is 68.1 Å². The molecule has 51 heavy (non-hydrogen) atoms. The van der Waals surface area contributed by atoms with Crippen LogP contribution in [-0.2, 0) is 10.8 Å². The number of hydrogen-bond donors (Lipinski definition) is 10. The maximum atomic E-state index is 11.2. The first-order chi connectivity index (χ1) is 24.0. The zero-order valence-electron chi connectivity index (χ0n) is 27.8.